The van der Waals surface area contributed by atoms with Gasteiger partial charge in [0.05, 0.1) is 22.2 Å². The van der Waals surface area contributed by atoms with Crippen molar-refractivity contribution in [1.82, 2.24) is 4.57 Å². The fourth-order valence-electron chi connectivity index (χ4n) is 5.75. The van der Waals surface area contributed by atoms with E-state index in [1.165, 1.54) is 10.6 Å². The lowest BCUT2D eigenvalue weighted by atomic mass is 9.81. The topological polar surface area (TPSA) is 88.5 Å². The van der Waals surface area contributed by atoms with Gasteiger partial charge < -0.3 is 5.32 Å². The molecule has 4 aromatic rings. The van der Waals surface area contributed by atoms with E-state index in [4.69, 9.17) is 0 Å². The number of fused-ring (bicyclic) bond motifs is 2. The summed E-state index contributed by atoms with van der Waals surface area (Å²) >= 11 is 1.92. The Balaban J connectivity index is 1.43. The number of alkyl halides is 3. The van der Waals surface area contributed by atoms with Gasteiger partial charge in [0, 0.05) is 16.5 Å². The zero-order valence-electron chi connectivity index (χ0n) is 24.4. The normalized spacial score (nSPS) is 19.8. The maximum Gasteiger partial charge on any atom is 0.416 e. The highest BCUT2D eigenvalue weighted by molar-refractivity contribution is 8.00. The Kier molecular flexibility index (Phi) is 7.77. The van der Waals surface area contributed by atoms with Gasteiger partial charge in [-0.15, -0.1) is 0 Å². The lowest BCUT2D eigenvalue weighted by molar-refractivity contribution is -0.137. The lowest BCUT2D eigenvalue weighted by Gasteiger charge is -2.31. The van der Waals surface area contributed by atoms with Crippen LogP contribution >= 0.6 is 23.1 Å². The van der Waals surface area contributed by atoms with Gasteiger partial charge in [-0.25, -0.2) is 4.90 Å². The van der Waals surface area contributed by atoms with Crippen LogP contribution in [-0.4, -0.2) is 27.5 Å². The van der Waals surface area contributed by atoms with Crippen LogP contribution in [0.3, 0.4) is 0 Å². The molecule has 0 aliphatic carbocycles. The Labute approximate surface area is 265 Å². The van der Waals surface area contributed by atoms with E-state index in [9.17, 15) is 32.3 Å². The fraction of sp³-hybridized carbons (Fsp3) is 0.273. The average Bonchev–Trinajstić information content (AvgIpc) is 3.43. The number of hydrogen-bond acceptors (Lipinski definition) is 6. The Bertz CT molecular complexity index is 1860. The summed E-state index contributed by atoms with van der Waals surface area (Å²) in [5.74, 6) is -3.47. The Morgan fingerprint density at radius 1 is 0.867 bits per heavy atom. The number of aromatic nitrogens is 1. The van der Waals surface area contributed by atoms with Gasteiger partial charge in [0.25, 0.3) is 0 Å². The average molecular weight is 652 g/mol. The summed E-state index contributed by atoms with van der Waals surface area (Å²) in [6, 6.07) is 20.5. The van der Waals surface area contributed by atoms with Crippen molar-refractivity contribution in [3.05, 3.63) is 110 Å². The molecule has 1 N–H and O–H groups in total. The van der Waals surface area contributed by atoms with Crippen LogP contribution in [0.25, 0.3) is 0 Å². The van der Waals surface area contributed by atoms with Gasteiger partial charge in [-0.05, 0) is 46.9 Å². The van der Waals surface area contributed by atoms with E-state index >= 15 is 0 Å². The molecule has 0 saturated carbocycles. The molecule has 1 fully saturated rings. The minimum atomic E-state index is -4.67. The molecular weight excluding hydrogens is 624 g/mol. The molecule has 3 atom stereocenters. The third kappa shape index (κ3) is 5.72. The molecule has 1 aromatic heterocycles. The molecule has 3 amide bonds. The van der Waals surface area contributed by atoms with Crippen molar-refractivity contribution >= 4 is 52.2 Å². The molecule has 0 bridgehead atoms. The second-order valence-electron chi connectivity index (χ2n) is 12.0. The van der Waals surface area contributed by atoms with Crippen molar-refractivity contribution in [2.75, 3.05) is 10.2 Å². The molecular formula is C33H28F3N3O4S2. The molecule has 6 rings (SSSR count). The highest BCUT2D eigenvalue weighted by Gasteiger charge is 2.57. The number of imide groups is 1. The van der Waals surface area contributed by atoms with Crippen molar-refractivity contribution in [2.45, 2.75) is 55.1 Å². The van der Waals surface area contributed by atoms with Gasteiger partial charge in [-0.2, -0.15) is 13.2 Å². The van der Waals surface area contributed by atoms with Gasteiger partial charge in [-0.3, -0.25) is 23.7 Å². The summed E-state index contributed by atoms with van der Waals surface area (Å²) in [6.07, 6.45) is -4.67. The smallest absolute Gasteiger partial charge is 0.325 e. The van der Waals surface area contributed by atoms with E-state index in [1.807, 2.05) is 24.3 Å². The number of nitrogens with one attached hydrogen (secondary N) is 1. The Hall–Kier alpha value is -4.16. The summed E-state index contributed by atoms with van der Waals surface area (Å²) < 4.78 is 42.0. The zero-order chi connectivity index (χ0) is 32.3. The van der Waals surface area contributed by atoms with Crippen LogP contribution in [0.1, 0.15) is 48.3 Å². The summed E-state index contributed by atoms with van der Waals surface area (Å²) in [7, 11) is 0. The number of para-hydroxylation sites is 1. The van der Waals surface area contributed by atoms with Gasteiger partial charge in [0.1, 0.15) is 11.8 Å². The number of benzene rings is 3. The first-order valence-corrected chi connectivity index (χ1v) is 15.8. The van der Waals surface area contributed by atoms with Gasteiger partial charge in [0.2, 0.25) is 17.7 Å². The maximum absolute atomic E-state index is 14.1. The number of nitrogens with zero attached hydrogens (tertiary/aromatic N) is 2. The van der Waals surface area contributed by atoms with E-state index < -0.39 is 51.4 Å². The summed E-state index contributed by atoms with van der Waals surface area (Å²) in [5.41, 5.74) is 0.977. The van der Waals surface area contributed by atoms with Crippen LogP contribution in [-0.2, 0) is 32.5 Å². The fourth-order valence-corrected chi connectivity index (χ4v) is 8.52. The molecule has 7 nitrogen and oxygen atoms in total. The van der Waals surface area contributed by atoms with Crippen LogP contribution in [0.5, 0.6) is 0 Å². The minimum Gasteiger partial charge on any atom is -0.325 e. The largest absolute Gasteiger partial charge is 0.416 e. The Morgan fingerprint density at radius 2 is 1.56 bits per heavy atom. The highest BCUT2D eigenvalue weighted by Crippen LogP contribution is 2.54. The number of amides is 3. The second-order valence-corrected chi connectivity index (χ2v) is 14.1. The number of anilines is 2. The van der Waals surface area contributed by atoms with E-state index in [1.54, 1.807) is 30.3 Å². The molecule has 1 saturated heterocycles. The van der Waals surface area contributed by atoms with Crippen molar-refractivity contribution in [3.8, 4) is 0 Å². The summed E-state index contributed by atoms with van der Waals surface area (Å²) in [6.45, 7) is 5.86. The maximum atomic E-state index is 14.1. The van der Waals surface area contributed by atoms with E-state index in [2.05, 4.69) is 26.1 Å². The SMILES string of the molecule is CC(C)(C)c1ccc(C2c3sc(=O)n(CC(=O)Nc4ccccc4)c3SC3C(=O)N(c4cccc(C(F)(F)F)c4)C(=O)C32)cc1. The third-order valence-electron chi connectivity index (χ3n) is 7.98. The van der Waals surface area contributed by atoms with Crippen LogP contribution in [0.2, 0.25) is 0 Å². The second kappa shape index (κ2) is 11.3. The predicted octanol–water partition coefficient (Wildman–Crippen LogP) is 6.66. The number of thiazole rings is 1. The van der Waals surface area contributed by atoms with E-state index in [0.29, 0.717) is 21.2 Å². The molecule has 3 unspecified atom stereocenters. The van der Waals surface area contributed by atoms with Gasteiger partial charge in [-0.1, -0.05) is 92.4 Å². The van der Waals surface area contributed by atoms with Gasteiger partial charge >= 0.3 is 11.0 Å². The zero-order valence-corrected chi connectivity index (χ0v) is 26.1. The number of halogens is 3. The third-order valence-corrected chi connectivity index (χ3v) is 10.6. The molecule has 0 radical (unpaired) electrons. The van der Waals surface area contributed by atoms with Crippen molar-refractivity contribution in [1.29, 1.82) is 0 Å². The van der Waals surface area contributed by atoms with Crippen molar-refractivity contribution in [2.24, 2.45) is 5.92 Å². The summed E-state index contributed by atoms with van der Waals surface area (Å²) in [5, 5.41) is 2.13. The molecule has 2 aliphatic heterocycles. The minimum absolute atomic E-state index is 0.158. The van der Waals surface area contributed by atoms with E-state index in [-0.39, 0.29) is 17.6 Å². The first kappa shape index (κ1) is 30.8. The number of carbonyl (C=O) groups excluding carboxylic acids is 3. The molecule has 0 spiro atoms. The van der Waals surface area contributed by atoms with Crippen LogP contribution in [0.4, 0.5) is 24.5 Å². The molecule has 2 aliphatic rings. The standard InChI is InChI=1S/C33H28F3N3O4S2/c1-32(2,3)19-14-12-18(13-15-19)24-25-26(29(42)39(28(25)41)22-11-7-8-20(16-22)33(34,35)36)44-30-27(24)45-31(43)38(30)17-23(40)37-21-9-5-4-6-10-21/h4-16,24-26H,17H2,1-3H3,(H,37,40). The predicted molar refractivity (Wildman–Crippen MR) is 168 cm³/mol. The summed E-state index contributed by atoms with van der Waals surface area (Å²) in [4.78, 5) is 55.3. The quantitative estimate of drug-likeness (QED) is 0.244. The molecule has 45 heavy (non-hydrogen) atoms. The van der Waals surface area contributed by atoms with Crippen molar-refractivity contribution < 1.29 is 27.6 Å². The molecule has 12 heteroatoms. The molecule has 3 aromatic carbocycles. The molecule has 232 valence electrons. The number of carbonyl (C=O) groups is 3. The van der Waals surface area contributed by atoms with E-state index in [0.717, 1.165) is 51.8 Å². The van der Waals surface area contributed by atoms with Crippen molar-refractivity contribution in [3.63, 3.8) is 0 Å². The van der Waals surface area contributed by atoms with Crippen LogP contribution < -0.4 is 15.1 Å². The Morgan fingerprint density at radius 3 is 2.20 bits per heavy atom. The highest BCUT2D eigenvalue weighted by atomic mass is 32.2. The van der Waals surface area contributed by atoms with Crippen LogP contribution in [0.15, 0.2) is 88.7 Å². The number of rotatable bonds is 5. The van der Waals surface area contributed by atoms with Crippen LogP contribution in [0, 0.1) is 5.92 Å². The monoisotopic (exact) mass is 651 g/mol. The van der Waals surface area contributed by atoms with Gasteiger partial charge in [0.15, 0.2) is 0 Å². The number of hydrogen-bond donors (Lipinski definition) is 1. The first-order chi connectivity index (χ1) is 21.2. The molecule has 3 heterocycles. The first-order valence-electron chi connectivity index (χ1n) is 14.1. The lowest BCUT2D eigenvalue weighted by Crippen LogP contribution is -2.33. The number of thioether (sulfide) groups is 1.